The lowest BCUT2D eigenvalue weighted by molar-refractivity contribution is -0.130. The average Bonchev–Trinajstić information content (AvgIpc) is 2.80. The molecule has 0 unspecified atom stereocenters. The Labute approximate surface area is 154 Å². The average molecular weight is 357 g/mol. The van der Waals surface area contributed by atoms with Gasteiger partial charge in [-0.3, -0.25) is 14.5 Å². The zero-order valence-electron chi connectivity index (χ0n) is 15.7. The third kappa shape index (κ3) is 3.74. The van der Waals surface area contributed by atoms with Crippen LogP contribution < -0.4 is 10.6 Å². The van der Waals surface area contributed by atoms with Crippen molar-refractivity contribution in [2.45, 2.75) is 64.5 Å². The van der Waals surface area contributed by atoms with E-state index in [1.807, 2.05) is 6.92 Å². The second-order valence-corrected chi connectivity index (χ2v) is 7.79. The van der Waals surface area contributed by atoms with Crippen LogP contribution in [0.3, 0.4) is 0 Å². The molecule has 1 aliphatic heterocycles. The summed E-state index contributed by atoms with van der Waals surface area (Å²) in [7, 11) is 0. The summed E-state index contributed by atoms with van der Waals surface area (Å²) in [5, 5.41) is 5.59. The fraction of sp³-hybridized carbons (Fsp3) is 0.550. The summed E-state index contributed by atoms with van der Waals surface area (Å²) in [5.41, 5.74) is 3.00. The number of benzene rings is 1. The number of fused-ring (bicyclic) bond motifs is 1. The minimum atomic E-state index is -0.899. The lowest BCUT2D eigenvalue weighted by Gasteiger charge is -2.20. The molecule has 1 aliphatic carbocycles. The second kappa shape index (κ2) is 7.09. The van der Waals surface area contributed by atoms with Crippen molar-refractivity contribution in [2.75, 3.05) is 6.54 Å². The molecule has 0 aromatic heterocycles. The molecule has 0 radical (unpaired) electrons. The Balaban J connectivity index is 1.55. The number of hydrogen-bond donors (Lipinski definition) is 2. The van der Waals surface area contributed by atoms with E-state index in [-0.39, 0.29) is 30.8 Å². The number of nitrogens with zero attached hydrogens (tertiary/aromatic N) is 1. The van der Waals surface area contributed by atoms with Gasteiger partial charge in [-0.1, -0.05) is 18.2 Å². The first-order valence-electron chi connectivity index (χ1n) is 9.33. The first-order chi connectivity index (χ1) is 12.3. The summed E-state index contributed by atoms with van der Waals surface area (Å²) in [6, 6.07) is 5.90. The van der Waals surface area contributed by atoms with Gasteiger partial charge in [-0.25, -0.2) is 4.79 Å². The number of carbonyl (C=O) groups is 3. The molecule has 1 aromatic rings. The molecule has 3 rings (SSSR count). The molecule has 1 fully saturated rings. The first-order valence-corrected chi connectivity index (χ1v) is 9.33. The maximum absolute atomic E-state index is 12.3. The molecule has 0 spiro atoms. The van der Waals surface area contributed by atoms with Crippen molar-refractivity contribution in [1.82, 2.24) is 15.5 Å². The number of rotatable bonds is 5. The maximum atomic E-state index is 12.3. The number of hydrogen-bond acceptors (Lipinski definition) is 3. The molecule has 26 heavy (non-hydrogen) atoms. The minimum Gasteiger partial charge on any atom is -0.350 e. The lowest BCUT2D eigenvalue weighted by Crippen LogP contribution is -2.40. The highest BCUT2D eigenvalue weighted by atomic mass is 16.2. The van der Waals surface area contributed by atoms with E-state index in [9.17, 15) is 14.4 Å². The SMILES string of the molecule is C[C@H](NC(=O)CCN1C(=O)NC(C)(C)C1=O)c1ccc2c(c1)CCCC2. The van der Waals surface area contributed by atoms with Crippen LogP contribution >= 0.6 is 0 Å². The summed E-state index contributed by atoms with van der Waals surface area (Å²) in [4.78, 5) is 37.4. The number of imide groups is 1. The van der Waals surface area contributed by atoms with Crippen molar-refractivity contribution in [3.05, 3.63) is 34.9 Å². The van der Waals surface area contributed by atoms with Gasteiger partial charge in [0.1, 0.15) is 5.54 Å². The van der Waals surface area contributed by atoms with Crippen molar-refractivity contribution < 1.29 is 14.4 Å². The predicted octanol–water partition coefficient (Wildman–Crippen LogP) is 2.46. The van der Waals surface area contributed by atoms with Crippen LogP contribution in [-0.2, 0) is 22.4 Å². The smallest absolute Gasteiger partial charge is 0.325 e. The van der Waals surface area contributed by atoms with E-state index in [1.54, 1.807) is 13.8 Å². The van der Waals surface area contributed by atoms with Gasteiger partial charge in [0.05, 0.1) is 6.04 Å². The number of amides is 4. The summed E-state index contributed by atoms with van der Waals surface area (Å²) >= 11 is 0. The minimum absolute atomic E-state index is 0.0941. The molecule has 2 N–H and O–H groups in total. The molecular formula is C20H27N3O3. The van der Waals surface area contributed by atoms with Gasteiger partial charge < -0.3 is 10.6 Å². The number of urea groups is 1. The van der Waals surface area contributed by atoms with Crippen molar-refractivity contribution in [3.8, 4) is 0 Å². The van der Waals surface area contributed by atoms with Crippen molar-refractivity contribution in [2.24, 2.45) is 0 Å². The zero-order chi connectivity index (χ0) is 18.9. The van der Waals surface area contributed by atoms with Crippen LogP contribution in [0, 0.1) is 0 Å². The number of nitrogens with one attached hydrogen (secondary N) is 2. The molecule has 140 valence electrons. The Morgan fingerprint density at radius 3 is 2.58 bits per heavy atom. The van der Waals surface area contributed by atoms with E-state index in [2.05, 4.69) is 28.8 Å². The highest BCUT2D eigenvalue weighted by Gasteiger charge is 2.44. The van der Waals surface area contributed by atoms with Crippen LogP contribution in [0.15, 0.2) is 18.2 Å². The molecule has 1 aromatic carbocycles. The second-order valence-electron chi connectivity index (χ2n) is 7.79. The highest BCUT2D eigenvalue weighted by molar-refractivity contribution is 6.06. The van der Waals surface area contributed by atoms with E-state index in [0.717, 1.165) is 23.3 Å². The Bertz CT molecular complexity index is 742. The molecule has 1 saturated heterocycles. The first kappa shape index (κ1) is 18.4. The van der Waals surface area contributed by atoms with Crippen LogP contribution in [0.4, 0.5) is 4.79 Å². The van der Waals surface area contributed by atoms with Gasteiger partial charge in [0, 0.05) is 13.0 Å². The van der Waals surface area contributed by atoms with Crippen molar-refractivity contribution >= 4 is 17.8 Å². The van der Waals surface area contributed by atoms with Gasteiger partial charge in [-0.2, -0.15) is 0 Å². The molecule has 6 heteroatoms. The van der Waals surface area contributed by atoms with E-state index in [4.69, 9.17) is 0 Å². The Morgan fingerprint density at radius 2 is 1.92 bits per heavy atom. The van der Waals surface area contributed by atoms with E-state index < -0.39 is 11.6 Å². The summed E-state index contributed by atoms with van der Waals surface area (Å²) in [6.07, 6.45) is 4.81. The summed E-state index contributed by atoms with van der Waals surface area (Å²) in [6.45, 7) is 5.37. The normalized spacial score (nSPS) is 19.7. The molecular weight excluding hydrogens is 330 g/mol. The molecule has 4 amide bonds. The van der Waals surface area contributed by atoms with Crippen LogP contribution in [-0.4, -0.2) is 34.8 Å². The van der Waals surface area contributed by atoms with E-state index in [1.165, 1.54) is 24.0 Å². The molecule has 6 nitrogen and oxygen atoms in total. The lowest BCUT2D eigenvalue weighted by atomic mass is 9.89. The summed E-state index contributed by atoms with van der Waals surface area (Å²) in [5.74, 6) is -0.460. The van der Waals surface area contributed by atoms with Crippen molar-refractivity contribution in [3.63, 3.8) is 0 Å². The van der Waals surface area contributed by atoms with Crippen LogP contribution in [0.25, 0.3) is 0 Å². The van der Waals surface area contributed by atoms with E-state index >= 15 is 0 Å². The Hall–Kier alpha value is -2.37. The Morgan fingerprint density at radius 1 is 1.23 bits per heavy atom. The van der Waals surface area contributed by atoms with Gasteiger partial charge in [-0.15, -0.1) is 0 Å². The summed E-state index contributed by atoms with van der Waals surface area (Å²) < 4.78 is 0. The molecule has 0 bridgehead atoms. The zero-order valence-corrected chi connectivity index (χ0v) is 15.7. The molecule has 2 aliphatic rings. The third-order valence-electron chi connectivity index (χ3n) is 5.26. The maximum Gasteiger partial charge on any atom is 0.325 e. The number of carbonyl (C=O) groups excluding carboxylic acids is 3. The number of aryl methyl sites for hydroxylation is 2. The third-order valence-corrected chi connectivity index (χ3v) is 5.26. The largest absolute Gasteiger partial charge is 0.350 e. The van der Waals surface area contributed by atoms with Gasteiger partial charge in [0.2, 0.25) is 5.91 Å². The van der Waals surface area contributed by atoms with Crippen LogP contribution in [0.1, 0.15) is 62.8 Å². The van der Waals surface area contributed by atoms with Crippen LogP contribution in [0.2, 0.25) is 0 Å². The van der Waals surface area contributed by atoms with E-state index in [0.29, 0.717) is 0 Å². The van der Waals surface area contributed by atoms with Crippen LogP contribution in [0.5, 0.6) is 0 Å². The monoisotopic (exact) mass is 357 g/mol. The van der Waals surface area contributed by atoms with Gasteiger partial charge in [0.15, 0.2) is 0 Å². The molecule has 1 atom stereocenters. The highest BCUT2D eigenvalue weighted by Crippen LogP contribution is 2.25. The molecule has 1 heterocycles. The fourth-order valence-electron chi connectivity index (χ4n) is 3.65. The van der Waals surface area contributed by atoms with Gasteiger partial charge in [-0.05, 0) is 63.1 Å². The van der Waals surface area contributed by atoms with Crippen molar-refractivity contribution in [1.29, 1.82) is 0 Å². The standard InChI is InChI=1S/C20H27N3O3/c1-13(15-9-8-14-6-4-5-7-16(14)12-15)21-17(24)10-11-23-18(25)20(2,3)22-19(23)26/h8-9,12-13H,4-7,10-11H2,1-3H3,(H,21,24)(H,22,26)/t13-/m0/s1. The predicted molar refractivity (Wildman–Crippen MR) is 98.6 cm³/mol. The van der Waals surface area contributed by atoms with Gasteiger partial charge >= 0.3 is 6.03 Å². The molecule has 0 saturated carbocycles. The fourth-order valence-corrected chi connectivity index (χ4v) is 3.65. The Kier molecular flexibility index (Phi) is 5.03. The van der Waals surface area contributed by atoms with Gasteiger partial charge in [0.25, 0.3) is 5.91 Å². The quantitative estimate of drug-likeness (QED) is 0.795. The topological polar surface area (TPSA) is 78.5 Å².